The van der Waals surface area contributed by atoms with Crippen molar-refractivity contribution in [2.75, 3.05) is 47.5 Å². The minimum absolute atomic E-state index is 0.0359. The summed E-state index contributed by atoms with van der Waals surface area (Å²) in [6.07, 6.45) is 108. The third-order valence-electron chi connectivity index (χ3n) is 20.7. The number of ether oxygens (including phenoxy) is 2. The zero-order valence-electron chi connectivity index (χ0n) is 68.0. The van der Waals surface area contributed by atoms with Crippen LogP contribution in [-0.2, 0) is 32.7 Å². The molecule has 592 valence electrons. The first kappa shape index (κ1) is 98.2. The maximum absolute atomic E-state index is 12.9. The number of nitrogens with zero attached hydrogens (tertiary/aromatic N) is 1. The van der Waals surface area contributed by atoms with E-state index in [9.17, 15) is 19.0 Å². The Morgan fingerprint density at radius 3 is 0.800 bits per heavy atom. The number of quaternary nitrogens is 1. The van der Waals surface area contributed by atoms with Crippen molar-refractivity contribution in [3.8, 4) is 0 Å². The summed E-state index contributed by atoms with van der Waals surface area (Å²) in [5, 5.41) is 0. The Labute approximate surface area is 624 Å². The van der Waals surface area contributed by atoms with E-state index in [-0.39, 0.29) is 25.6 Å². The predicted octanol–water partition coefficient (Wildman–Crippen LogP) is 30.1. The Morgan fingerprint density at radius 2 is 0.540 bits per heavy atom. The van der Waals surface area contributed by atoms with Crippen molar-refractivity contribution in [1.29, 1.82) is 0 Å². The fourth-order valence-electron chi connectivity index (χ4n) is 13.9. The van der Waals surface area contributed by atoms with Gasteiger partial charge in [0.25, 0.3) is 0 Å². The molecule has 0 spiro atoms. The molecule has 0 aliphatic heterocycles. The molecule has 0 saturated carbocycles. The molecule has 1 N–H and O–H groups in total. The molecule has 0 fully saturated rings. The highest BCUT2D eigenvalue weighted by Gasteiger charge is 2.27. The molecular weight excluding hydrogens is 1250 g/mol. The number of hydrogen-bond acceptors (Lipinski definition) is 7. The average molecular weight is 1430 g/mol. The Kier molecular flexibility index (Phi) is 79.9. The second kappa shape index (κ2) is 81.3. The lowest BCUT2D eigenvalue weighted by molar-refractivity contribution is -0.870. The minimum atomic E-state index is -4.39. The molecule has 0 radical (unpaired) electrons. The molecule has 0 amide bonds. The van der Waals surface area contributed by atoms with Crippen molar-refractivity contribution in [2.24, 2.45) is 0 Å². The van der Waals surface area contributed by atoms with Gasteiger partial charge in [0.1, 0.15) is 19.8 Å². The molecule has 100 heavy (non-hydrogen) atoms. The topological polar surface area (TPSA) is 108 Å². The number of unbranched alkanes of at least 4 members (excludes halogenated alkanes) is 65. The number of carbonyl (C=O) groups is 2. The van der Waals surface area contributed by atoms with Crippen molar-refractivity contribution in [3.63, 3.8) is 0 Å². The number of rotatable bonds is 85. The molecule has 0 aromatic rings. The van der Waals surface area contributed by atoms with E-state index in [1.807, 2.05) is 21.1 Å². The highest BCUT2D eigenvalue weighted by Crippen LogP contribution is 2.43. The van der Waals surface area contributed by atoms with Crippen LogP contribution in [0.15, 0.2) is 36.5 Å². The summed E-state index contributed by atoms with van der Waals surface area (Å²) in [6.45, 7) is 4.52. The van der Waals surface area contributed by atoms with E-state index in [1.54, 1.807) is 0 Å². The Hall–Kier alpha value is -1.77. The zero-order valence-corrected chi connectivity index (χ0v) is 68.9. The van der Waals surface area contributed by atoms with Gasteiger partial charge in [0.2, 0.25) is 0 Å². The minimum Gasteiger partial charge on any atom is -0.462 e. The van der Waals surface area contributed by atoms with Crippen molar-refractivity contribution in [3.05, 3.63) is 36.5 Å². The monoisotopic (exact) mass is 1430 g/mol. The van der Waals surface area contributed by atoms with Crippen LogP contribution in [0.4, 0.5) is 0 Å². The van der Waals surface area contributed by atoms with E-state index in [4.69, 9.17) is 18.5 Å². The number of allylic oxidation sites excluding steroid dienone is 6. The van der Waals surface area contributed by atoms with Crippen molar-refractivity contribution in [1.82, 2.24) is 0 Å². The van der Waals surface area contributed by atoms with Crippen LogP contribution in [0.5, 0.6) is 0 Å². The van der Waals surface area contributed by atoms with E-state index >= 15 is 0 Å². The lowest BCUT2D eigenvalue weighted by Crippen LogP contribution is -2.37. The average Bonchev–Trinajstić information content (AvgIpc) is 1.07. The van der Waals surface area contributed by atoms with E-state index in [0.717, 1.165) is 51.4 Å². The molecule has 0 rings (SSSR count). The molecule has 10 heteroatoms. The molecule has 2 atom stereocenters. The third-order valence-corrected chi connectivity index (χ3v) is 21.7. The highest BCUT2D eigenvalue weighted by atomic mass is 31.2. The van der Waals surface area contributed by atoms with Crippen LogP contribution in [0.3, 0.4) is 0 Å². The molecule has 0 saturated heterocycles. The van der Waals surface area contributed by atoms with Crippen LogP contribution in [-0.4, -0.2) is 74.9 Å². The van der Waals surface area contributed by atoms with Gasteiger partial charge < -0.3 is 18.9 Å². The van der Waals surface area contributed by atoms with Crippen LogP contribution in [0.25, 0.3) is 0 Å². The maximum atomic E-state index is 12.9. The van der Waals surface area contributed by atoms with E-state index < -0.39 is 26.5 Å². The number of likely N-dealkylation sites (N-methyl/N-ethyl adjacent to an activating group) is 1. The Morgan fingerprint density at radius 1 is 0.310 bits per heavy atom. The van der Waals surface area contributed by atoms with Crippen LogP contribution < -0.4 is 0 Å². The van der Waals surface area contributed by atoms with Gasteiger partial charge in [-0.1, -0.05) is 448 Å². The summed E-state index contributed by atoms with van der Waals surface area (Å²) >= 11 is 0. The van der Waals surface area contributed by atoms with Crippen molar-refractivity contribution in [2.45, 2.75) is 482 Å². The lowest BCUT2D eigenvalue weighted by Gasteiger charge is -2.24. The standard InChI is InChI=1S/C90H174NO8P/c1-6-8-10-12-14-16-18-20-22-24-26-28-30-32-34-36-38-40-42-44-45-47-49-51-53-55-57-59-61-63-65-67-69-71-73-75-77-79-81-83-90(93)99-88(87-98-100(94,95)97-85-84-91(3,4)5)86-96-89(92)82-80-78-76-74-72-70-68-66-64-62-60-58-56-54-52-50-48-46-43-41-39-37-35-33-31-29-27-25-23-21-19-17-15-13-11-9-7-2/h18,20,24,26,30,32,88H,6-17,19,21-23,25,27-29,31,33-87H2,1-5H3/p+1/b20-18-,26-24-,32-30-. The van der Waals surface area contributed by atoms with Gasteiger partial charge in [-0.15, -0.1) is 0 Å². The van der Waals surface area contributed by atoms with Gasteiger partial charge in [-0.3, -0.25) is 18.6 Å². The Bertz CT molecular complexity index is 1780. The molecular formula is C90H175NO8P+. The van der Waals surface area contributed by atoms with Crippen molar-refractivity contribution >= 4 is 19.8 Å². The first-order valence-corrected chi connectivity index (χ1v) is 46.2. The van der Waals surface area contributed by atoms with E-state index in [0.29, 0.717) is 17.4 Å². The molecule has 0 aromatic carbocycles. The molecule has 0 aliphatic rings. The molecule has 0 heterocycles. The van der Waals surface area contributed by atoms with Crippen LogP contribution in [0, 0.1) is 0 Å². The summed E-state index contributed by atoms with van der Waals surface area (Å²) in [7, 11) is 1.51. The van der Waals surface area contributed by atoms with Crippen LogP contribution in [0.2, 0.25) is 0 Å². The fraction of sp³-hybridized carbons (Fsp3) is 0.911. The molecule has 2 unspecified atom stereocenters. The number of carbonyl (C=O) groups excluding carboxylic acids is 2. The summed E-state index contributed by atoms with van der Waals surface area (Å²) in [4.78, 5) is 36.1. The zero-order chi connectivity index (χ0) is 72.5. The second-order valence-corrected chi connectivity index (χ2v) is 33.5. The summed E-state index contributed by atoms with van der Waals surface area (Å²) in [5.74, 6) is -0.767. The second-order valence-electron chi connectivity index (χ2n) is 32.0. The fourth-order valence-corrected chi connectivity index (χ4v) is 14.6. The number of esters is 2. The van der Waals surface area contributed by atoms with E-state index in [2.05, 4.69) is 50.3 Å². The summed E-state index contributed by atoms with van der Waals surface area (Å²) < 4.78 is 34.9. The molecule has 0 aliphatic carbocycles. The largest absolute Gasteiger partial charge is 0.472 e. The highest BCUT2D eigenvalue weighted by molar-refractivity contribution is 7.47. The smallest absolute Gasteiger partial charge is 0.462 e. The van der Waals surface area contributed by atoms with Crippen LogP contribution >= 0.6 is 7.82 Å². The normalized spacial score (nSPS) is 13.1. The first-order valence-electron chi connectivity index (χ1n) is 44.7. The first-order chi connectivity index (χ1) is 49.0. The SMILES string of the molecule is CCCCCCC/C=C\C/C=C\C/C=C\CCCCCCCCCCCCCCCCCCCCCCCCCCC(=O)OC(COC(=O)CCCCCCCCCCCCCCCCCCCCCCCCCCCCCCCCCCCCCCC)COP(=O)(O)OCC[N+](C)(C)C. The van der Waals surface area contributed by atoms with Gasteiger partial charge in [0.05, 0.1) is 27.7 Å². The van der Waals surface area contributed by atoms with Crippen molar-refractivity contribution < 1.29 is 42.1 Å². The summed E-state index contributed by atoms with van der Waals surface area (Å²) in [5.41, 5.74) is 0. The number of phosphoric acid groups is 1. The predicted molar refractivity (Wildman–Crippen MR) is 437 cm³/mol. The van der Waals surface area contributed by atoms with E-state index in [1.165, 1.54) is 398 Å². The quantitative estimate of drug-likeness (QED) is 0.0211. The maximum Gasteiger partial charge on any atom is 0.472 e. The molecule has 0 bridgehead atoms. The van der Waals surface area contributed by atoms with Gasteiger partial charge in [-0.25, -0.2) is 4.57 Å². The summed E-state index contributed by atoms with van der Waals surface area (Å²) in [6, 6.07) is 0. The number of phosphoric ester groups is 1. The number of hydrogen-bond donors (Lipinski definition) is 1. The third kappa shape index (κ3) is 85.2. The van der Waals surface area contributed by atoms with Crippen LogP contribution in [0.1, 0.15) is 476 Å². The van der Waals surface area contributed by atoms with Gasteiger partial charge in [0.15, 0.2) is 6.10 Å². The van der Waals surface area contributed by atoms with Gasteiger partial charge in [-0.05, 0) is 51.4 Å². The molecule has 9 nitrogen and oxygen atoms in total. The molecule has 0 aromatic heterocycles. The lowest BCUT2D eigenvalue weighted by atomic mass is 10.0. The Balaban J connectivity index is 3.84. The van der Waals surface area contributed by atoms with Gasteiger partial charge in [-0.2, -0.15) is 0 Å². The van der Waals surface area contributed by atoms with Gasteiger partial charge >= 0.3 is 19.8 Å². The van der Waals surface area contributed by atoms with Gasteiger partial charge in [0, 0.05) is 12.8 Å².